The minimum absolute atomic E-state index is 0.699. The maximum Gasteiger partial charge on any atom is 0.0374 e. The Kier molecular flexibility index (Phi) is 2.87. The smallest absolute Gasteiger partial charge is 0.0374 e. The number of nitrogens with one attached hydrogen (secondary N) is 1. The van der Waals surface area contributed by atoms with Crippen LogP contribution in [0, 0.1) is 0 Å². The first-order valence-corrected chi connectivity index (χ1v) is 7.57. The van der Waals surface area contributed by atoms with Crippen LogP contribution in [0.3, 0.4) is 0 Å². The lowest BCUT2D eigenvalue weighted by molar-refractivity contribution is 0.525. The molecular weight excluding hydrogens is 244 g/mol. The summed E-state index contributed by atoms with van der Waals surface area (Å²) in [7, 11) is 0. The van der Waals surface area contributed by atoms with E-state index in [0.717, 1.165) is 19.6 Å². The zero-order valence-electron chi connectivity index (χ0n) is 11.7. The quantitative estimate of drug-likeness (QED) is 0.890. The maximum atomic E-state index is 3.48. The first-order valence-electron chi connectivity index (χ1n) is 7.57. The molecule has 0 aliphatic carbocycles. The van der Waals surface area contributed by atoms with E-state index in [1.165, 1.54) is 35.3 Å². The van der Waals surface area contributed by atoms with Crippen molar-refractivity contribution in [2.45, 2.75) is 18.8 Å². The van der Waals surface area contributed by atoms with Gasteiger partial charge in [0.05, 0.1) is 0 Å². The summed E-state index contributed by atoms with van der Waals surface area (Å²) in [5.74, 6) is 0.699. The van der Waals surface area contributed by atoms with Gasteiger partial charge < -0.3 is 10.2 Å². The van der Waals surface area contributed by atoms with Gasteiger partial charge in [0.15, 0.2) is 0 Å². The molecule has 1 saturated heterocycles. The van der Waals surface area contributed by atoms with Crippen molar-refractivity contribution in [3.63, 3.8) is 0 Å². The molecule has 2 aliphatic heterocycles. The van der Waals surface area contributed by atoms with Gasteiger partial charge in [0.25, 0.3) is 0 Å². The monoisotopic (exact) mass is 264 g/mol. The molecule has 0 bridgehead atoms. The highest BCUT2D eigenvalue weighted by Gasteiger charge is 2.28. The molecule has 20 heavy (non-hydrogen) atoms. The summed E-state index contributed by atoms with van der Waals surface area (Å²) < 4.78 is 0. The van der Waals surface area contributed by atoms with Gasteiger partial charge in [-0.1, -0.05) is 30.3 Å². The normalized spacial score (nSPS) is 18.1. The van der Waals surface area contributed by atoms with Crippen LogP contribution >= 0.6 is 0 Å². The van der Waals surface area contributed by atoms with Crippen molar-refractivity contribution in [2.24, 2.45) is 0 Å². The molecule has 0 saturated carbocycles. The van der Waals surface area contributed by atoms with Crippen molar-refractivity contribution in [1.82, 2.24) is 0 Å². The molecule has 0 atom stereocenters. The van der Waals surface area contributed by atoms with Crippen LogP contribution in [0.25, 0.3) is 0 Å². The van der Waals surface area contributed by atoms with Gasteiger partial charge in [-0.3, -0.25) is 0 Å². The van der Waals surface area contributed by atoms with E-state index in [1.54, 1.807) is 0 Å². The molecule has 1 fully saturated rings. The fourth-order valence-corrected chi connectivity index (χ4v) is 3.28. The lowest BCUT2D eigenvalue weighted by Gasteiger charge is -2.42. The standard InChI is InChI=1S/C18H20N2/c1-2-5-14(6-3-1)16-12-20(13-16)17-8-9-18-15(11-17)7-4-10-19-18/h1-3,5-6,8-9,11,16,19H,4,7,10,12-13H2. The topological polar surface area (TPSA) is 15.3 Å². The highest BCUT2D eigenvalue weighted by molar-refractivity contribution is 5.63. The second-order valence-corrected chi connectivity index (χ2v) is 5.88. The number of rotatable bonds is 2. The Morgan fingerprint density at radius 2 is 1.85 bits per heavy atom. The highest BCUT2D eigenvalue weighted by atomic mass is 15.2. The Balaban J connectivity index is 1.48. The molecule has 0 aromatic heterocycles. The third kappa shape index (κ3) is 2.05. The van der Waals surface area contributed by atoms with Crippen LogP contribution < -0.4 is 10.2 Å². The third-order valence-electron chi connectivity index (χ3n) is 4.54. The summed E-state index contributed by atoms with van der Waals surface area (Å²) in [6, 6.07) is 17.8. The first-order chi connectivity index (χ1) is 9.90. The van der Waals surface area contributed by atoms with Gasteiger partial charge in [0.2, 0.25) is 0 Å². The van der Waals surface area contributed by atoms with Gasteiger partial charge in [0.1, 0.15) is 0 Å². The zero-order valence-corrected chi connectivity index (χ0v) is 11.7. The summed E-state index contributed by atoms with van der Waals surface area (Å²) in [5, 5.41) is 3.48. The molecule has 0 unspecified atom stereocenters. The molecule has 2 heteroatoms. The number of hydrogen-bond donors (Lipinski definition) is 1. The average Bonchev–Trinajstić information content (AvgIpc) is 2.47. The van der Waals surface area contributed by atoms with Crippen LogP contribution in [-0.4, -0.2) is 19.6 Å². The van der Waals surface area contributed by atoms with Crippen LogP contribution in [0.5, 0.6) is 0 Å². The molecular formula is C18H20N2. The third-order valence-corrected chi connectivity index (χ3v) is 4.54. The van der Waals surface area contributed by atoms with Crippen molar-refractivity contribution >= 4 is 11.4 Å². The molecule has 2 aromatic rings. The number of aryl methyl sites for hydroxylation is 1. The van der Waals surface area contributed by atoms with E-state index < -0.39 is 0 Å². The van der Waals surface area contributed by atoms with Crippen molar-refractivity contribution in [2.75, 3.05) is 29.9 Å². The predicted molar refractivity (Wildman–Crippen MR) is 84.6 cm³/mol. The molecule has 0 spiro atoms. The van der Waals surface area contributed by atoms with Gasteiger partial charge in [-0.15, -0.1) is 0 Å². The Bertz CT molecular complexity index is 600. The van der Waals surface area contributed by atoms with Crippen molar-refractivity contribution < 1.29 is 0 Å². The Morgan fingerprint density at radius 1 is 1.00 bits per heavy atom. The molecule has 2 heterocycles. The van der Waals surface area contributed by atoms with Crippen LogP contribution in [-0.2, 0) is 6.42 Å². The van der Waals surface area contributed by atoms with E-state index in [9.17, 15) is 0 Å². The first kappa shape index (κ1) is 11.8. The summed E-state index contributed by atoms with van der Waals surface area (Å²) in [6.45, 7) is 3.42. The second-order valence-electron chi connectivity index (χ2n) is 5.88. The molecule has 0 radical (unpaired) electrons. The Morgan fingerprint density at radius 3 is 2.70 bits per heavy atom. The SMILES string of the molecule is c1ccc(C2CN(c3ccc4c(c3)CCCN4)C2)cc1. The van der Waals surface area contributed by atoms with Crippen molar-refractivity contribution in [3.05, 3.63) is 59.7 Å². The van der Waals surface area contributed by atoms with Gasteiger partial charge in [0, 0.05) is 36.9 Å². The van der Waals surface area contributed by atoms with E-state index in [1.807, 2.05) is 0 Å². The van der Waals surface area contributed by atoms with E-state index in [4.69, 9.17) is 0 Å². The molecule has 2 aromatic carbocycles. The summed E-state index contributed by atoms with van der Waals surface area (Å²) in [6.07, 6.45) is 2.47. The Hall–Kier alpha value is -1.96. The number of nitrogens with zero attached hydrogens (tertiary/aromatic N) is 1. The second kappa shape index (κ2) is 4.86. The van der Waals surface area contributed by atoms with Gasteiger partial charge in [-0.25, -0.2) is 0 Å². The van der Waals surface area contributed by atoms with Crippen LogP contribution in [0.2, 0.25) is 0 Å². The maximum absolute atomic E-state index is 3.48. The lowest BCUT2D eigenvalue weighted by atomic mass is 9.90. The number of fused-ring (bicyclic) bond motifs is 1. The molecule has 1 N–H and O–H groups in total. The fraction of sp³-hybridized carbons (Fsp3) is 0.333. The molecule has 4 rings (SSSR count). The minimum Gasteiger partial charge on any atom is -0.385 e. The van der Waals surface area contributed by atoms with Crippen LogP contribution in [0.15, 0.2) is 48.5 Å². The predicted octanol–water partition coefficient (Wildman–Crippen LogP) is 3.65. The number of anilines is 2. The van der Waals surface area contributed by atoms with E-state index in [2.05, 4.69) is 58.7 Å². The van der Waals surface area contributed by atoms with Crippen molar-refractivity contribution in [3.8, 4) is 0 Å². The van der Waals surface area contributed by atoms with Gasteiger partial charge in [-0.2, -0.15) is 0 Å². The zero-order chi connectivity index (χ0) is 13.4. The number of benzene rings is 2. The van der Waals surface area contributed by atoms with Crippen LogP contribution in [0.1, 0.15) is 23.5 Å². The van der Waals surface area contributed by atoms with Crippen LogP contribution in [0.4, 0.5) is 11.4 Å². The van der Waals surface area contributed by atoms with Gasteiger partial charge in [-0.05, 0) is 42.2 Å². The Labute approximate surface area is 120 Å². The van der Waals surface area contributed by atoms with E-state index >= 15 is 0 Å². The summed E-state index contributed by atoms with van der Waals surface area (Å²) in [4.78, 5) is 2.49. The average molecular weight is 264 g/mol. The minimum atomic E-state index is 0.699. The highest BCUT2D eigenvalue weighted by Crippen LogP contribution is 2.34. The summed E-state index contributed by atoms with van der Waals surface area (Å²) >= 11 is 0. The largest absolute Gasteiger partial charge is 0.385 e. The fourth-order valence-electron chi connectivity index (χ4n) is 3.28. The molecule has 0 amide bonds. The molecule has 102 valence electrons. The lowest BCUT2D eigenvalue weighted by Crippen LogP contribution is -2.45. The summed E-state index contributed by atoms with van der Waals surface area (Å²) in [5.41, 5.74) is 5.68. The van der Waals surface area contributed by atoms with E-state index in [-0.39, 0.29) is 0 Å². The molecule has 2 aliphatic rings. The van der Waals surface area contributed by atoms with E-state index in [0.29, 0.717) is 5.92 Å². The molecule has 2 nitrogen and oxygen atoms in total. The van der Waals surface area contributed by atoms with Crippen molar-refractivity contribution in [1.29, 1.82) is 0 Å². The van der Waals surface area contributed by atoms with Gasteiger partial charge >= 0.3 is 0 Å². The number of hydrogen-bond acceptors (Lipinski definition) is 2.